The number of hydrogen-bond acceptors (Lipinski definition) is 5. The first kappa shape index (κ1) is 13.4. The lowest BCUT2D eigenvalue weighted by atomic mass is 9.81. The maximum absolute atomic E-state index is 12.7. The first-order valence-corrected chi connectivity index (χ1v) is 7.44. The summed E-state index contributed by atoms with van der Waals surface area (Å²) in [4.78, 5) is 30.9. The molecule has 0 spiro atoms. The molecule has 3 fully saturated rings. The van der Waals surface area contributed by atoms with Crippen LogP contribution in [0.15, 0.2) is 6.07 Å². The normalized spacial score (nSPS) is 32.5. The van der Waals surface area contributed by atoms with Crippen molar-refractivity contribution >= 4 is 17.6 Å². The monoisotopic (exact) mass is 297 g/mol. The second-order valence-corrected chi connectivity index (χ2v) is 6.22. The summed E-state index contributed by atoms with van der Waals surface area (Å²) < 4.78 is 5.72. The molecule has 0 saturated carbocycles. The predicted octanol–water partition coefficient (Wildman–Crippen LogP) is 1.24. The number of carbonyl (C=O) groups is 2. The maximum Gasteiger partial charge on any atom is 0.241 e. The molecule has 2 bridgehead atoms. The molecule has 3 aliphatic rings. The van der Waals surface area contributed by atoms with E-state index in [1.807, 2.05) is 0 Å². The minimum Gasteiger partial charge on any atom is -0.373 e. The van der Waals surface area contributed by atoms with E-state index in [1.165, 1.54) is 4.90 Å². The zero-order chi connectivity index (χ0) is 15.6. The predicted molar refractivity (Wildman–Crippen MR) is 75.8 cm³/mol. The summed E-state index contributed by atoms with van der Waals surface area (Å²) >= 11 is 0. The van der Waals surface area contributed by atoms with Crippen molar-refractivity contribution in [2.24, 2.45) is 11.8 Å². The van der Waals surface area contributed by atoms with Gasteiger partial charge in [0.25, 0.3) is 0 Å². The van der Waals surface area contributed by atoms with Crippen LogP contribution in [0.3, 0.4) is 0 Å². The van der Waals surface area contributed by atoms with E-state index in [2.05, 4.69) is 11.1 Å². The van der Waals surface area contributed by atoms with Gasteiger partial charge in [-0.2, -0.15) is 5.26 Å². The first-order valence-electron chi connectivity index (χ1n) is 7.44. The molecule has 4 heterocycles. The van der Waals surface area contributed by atoms with E-state index in [-0.39, 0.29) is 35.9 Å². The van der Waals surface area contributed by atoms with Crippen LogP contribution < -0.4 is 4.90 Å². The van der Waals surface area contributed by atoms with Crippen molar-refractivity contribution in [1.82, 2.24) is 4.98 Å². The lowest BCUT2D eigenvalue weighted by Crippen LogP contribution is -2.35. The van der Waals surface area contributed by atoms with E-state index in [1.54, 1.807) is 19.9 Å². The Kier molecular flexibility index (Phi) is 2.66. The van der Waals surface area contributed by atoms with Crippen LogP contribution in [0.4, 0.5) is 5.82 Å². The van der Waals surface area contributed by atoms with Crippen molar-refractivity contribution in [3.05, 3.63) is 22.9 Å². The Morgan fingerprint density at radius 1 is 1.23 bits per heavy atom. The smallest absolute Gasteiger partial charge is 0.241 e. The van der Waals surface area contributed by atoms with Crippen molar-refractivity contribution in [3.63, 3.8) is 0 Å². The number of anilines is 1. The summed E-state index contributed by atoms with van der Waals surface area (Å²) in [6, 6.07) is 3.74. The number of aryl methyl sites for hydroxylation is 2. The average Bonchev–Trinajstić information content (AvgIpc) is 3.12. The Balaban J connectivity index is 1.77. The summed E-state index contributed by atoms with van der Waals surface area (Å²) in [5, 5.41) is 9.11. The minimum absolute atomic E-state index is 0.128. The molecule has 1 aromatic rings. The van der Waals surface area contributed by atoms with Crippen molar-refractivity contribution in [2.45, 2.75) is 38.9 Å². The Hall–Kier alpha value is -2.26. The molecular weight excluding hydrogens is 282 g/mol. The number of hydrogen-bond donors (Lipinski definition) is 0. The molecular formula is C16H15N3O3. The SMILES string of the molecule is Cc1cc(N2C(=O)C3C4CCC(O4)C3C2=O)nc(C)c1C#N. The van der Waals surface area contributed by atoms with Gasteiger partial charge in [0, 0.05) is 0 Å². The number of pyridine rings is 1. The third-order valence-corrected chi connectivity index (χ3v) is 5.01. The van der Waals surface area contributed by atoms with Gasteiger partial charge in [0.15, 0.2) is 0 Å². The fraction of sp³-hybridized carbons (Fsp3) is 0.500. The summed E-state index contributed by atoms with van der Waals surface area (Å²) in [6.45, 7) is 3.50. The van der Waals surface area contributed by atoms with Gasteiger partial charge < -0.3 is 4.74 Å². The molecule has 2 amide bonds. The van der Waals surface area contributed by atoms with Crippen molar-refractivity contribution in [1.29, 1.82) is 5.26 Å². The summed E-state index contributed by atoms with van der Waals surface area (Å²) in [7, 11) is 0. The number of rotatable bonds is 1. The Bertz CT molecular complexity index is 700. The number of imide groups is 1. The van der Waals surface area contributed by atoms with Gasteiger partial charge in [0.05, 0.1) is 35.3 Å². The quantitative estimate of drug-likeness (QED) is 0.728. The molecule has 112 valence electrons. The first-order chi connectivity index (χ1) is 10.5. The van der Waals surface area contributed by atoms with E-state index in [9.17, 15) is 9.59 Å². The Morgan fingerprint density at radius 3 is 2.32 bits per heavy atom. The van der Waals surface area contributed by atoms with E-state index in [0.717, 1.165) is 18.4 Å². The number of fused-ring (bicyclic) bond motifs is 5. The van der Waals surface area contributed by atoms with E-state index in [0.29, 0.717) is 17.1 Å². The van der Waals surface area contributed by atoms with Gasteiger partial charge in [-0.25, -0.2) is 9.88 Å². The van der Waals surface area contributed by atoms with Crippen molar-refractivity contribution in [3.8, 4) is 6.07 Å². The number of carbonyl (C=O) groups excluding carboxylic acids is 2. The highest BCUT2D eigenvalue weighted by molar-refractivity contribution is 6.22. The van der Waals surface area contributed by atoms with Gasteiger partial charge in [0.2, 0.25) is 11.8 Å². The van der Waals surface area contributed by atoms with Crippen LogP contribution >= 0.6 is 0 Å². The van der Waals surface area contributed by atoms with Crippen LogP contribution in [0.25, 0.3) is 0 Å². The highest BCUT2D eigenvalue weighted by atomic mass is 16.5. The minimum atomic E-state index is -0.357. The summed E-state index contributed by atoms with van der Waals surface area (Å²) in [5.41, 5.74) is 1.75. The molecule has 0 N–H and O–H groups in total. The number of aromatic nitrogens is 1. The largest absolute Gasteiger partial charge is 0.373 e. The average molecular weight is 297 g/mol. The third-order valence-electron chi connectivity index (χ3n) is 5.01. The lowest BCUT2D eigenvalue weighted by Gasteiger charge is -2.18. The van der Waals surface area contributed by atoms with Crippen LogP contribution in [-0.2, 0) is 14.3 Å². The molecule has 0 radical (unpaired) electrons. The lowest BCUT2D eigenvalue weighted by molar-refractivity contribution is -0.124. The number of nitriles is 1. The van der Waals surface area contributed by atoms with Gasteiger partial charge in [-0.1, -0.05) is 0 Å². The zero-order valence-electron chi connectivity index (χ0n) is 12.4. The van der Waals surface area contributed by atoms with E-state index >= 15 is 0 Å². The maximum atomic E-state index is 12.7. The Morgan fingerprint density at radius 2 is 1.82 bits per heavy atom. The molecule has 3 aliphatic heterocycles. The van der Waals surface area contributed by atoms with Gasteiger partial charge in [-0.3, -0.25) is 9.59 Å². The number of ether oxygens (including phenoxy) is 1. The van der Waals surface area contributed by atoms with Gasteiger partial charge in [-0.05, 0) is 38.3 Å². The fourth-order valence-corrected chi connectivity index (χ4v) is 4.03. The van der Waals surface area contributed by atoms with Crippen LogP contribution in [-0.4, -0.2) is 29.0 Å². The van der Waals surface area contributed by atoms with Gasteiger partial charge in [-0.15, -0.1) is 0 Å². The molecule has 0 aliphatic carbocycles. The van der Waals surface area contributed by atoms with E-state index < -0.39 is 0 Å². The summed E-state index contributed by atoms with van der Waals surface area (Å²) in [5.74, 6) is -0.803. The van der Waals surface area contributed by atoms with Crippen LogP contribution in [0.2, 0.25) is 0 Å². The number of nitrogens with zero attached hydrogens (tertiary/aromatic N) is 3. The van der Waals surface area contributed by atoms with Crippen LogP contribution in [0.5, 0.6) is 0 Å². The molecule has 1 aromatic heterocycles. The third kappa shape index (κ3) is 1.54. The van der Waals surface area contributed by atoms with Crippen LogP contribution in [0, 0.1) is 37.0 Å². The molecule has 6 heteroatoms. The van der Waals surface area contributed by atoms with Gasteiger partial charge >= 0.3 is 0 Å². The van der Waals surface area contributed by atoms with Crippen molar-refractivity contribution < 1.29 is 14.3 Å². The molecule has 0 aromatic carbocycles. The molecule has 4 atom stereocenters. The molecule has 4 unspecified atom stereocenters. The molecule has 22 heavy (non-hydrogen) atoms. The number of amides is 2. The van der Waals surface area contributed by atoms with Gasteiger partial charge in [0.1, 0.15) is 11.9 Å². The zero-order valence-corrected chi connectivity index (χ0v) is 12.4. The fourth-order valence-electron chi connectivity index (χ4n) is 4.03. The second kappa shape index (κ2) is 4.37. The molecule has 6 nitrogen and oxygen atoms in total. The molecule has 4 rings (SSSR count). The van der Waals surface area contributed by atoms with Crippen LogP contribution in [0.1, 0.15) is 29.7 Å². The molecule has 3 saturated heterocycles. The summed E-state index contributed by atoms with van der Waals surface area (Å²) in [6.07, 6.45) is 1.43. The highest BCUT2D eigenvalue weighted by Crippen LogP contribution is 2.49. The second-order valence-electron chi connectivity index (χ2n) is 6.22. The van der Waals surface area contributed by atoms with E-state index in [4.69, 9.17) is 10.00 Å². The topological polar surface area (TPSA) is 83.3 Å². The highest BCUT2D eigenvalue weighted by Gasteiger charge is 2.62. The van der Waals surface area contributed by atoms with Crippen molar-refractivity contribution in [2.75, 3.05) is 4.90 Å². The standard InChI is InChI=1S/C16H15N3O3/c1-7-5-12(18-8(2)9(7)6-17)19-15(20)13-10-3-4-11(22-10)14(13)16(19)21/h5,10-11,13-14H,3-4H2,1-2H3. The Labute approximate surface area is 127 Å².